The molecule has 0 aliphatic heterocycles. The molecule has 0 bridgehead atoms. The second-order valence-corrected chi connectivity index (χ2v) is 6.36. The minimum atomic E-state index is -0.195. The number of hydrogen-bond donors (Lipinski definition) is 1. The van der Waals surface area contributed by atoms with E-state index in [0.717, 1.165) is 17.3 Å². The van der Waals surface area contributed by atoms with Gasteiger partial charge in [-0.05, 0) is 18.2 Å². The highest BCUT2D eigenvalue weighted by atomic mass is 32.2. The highest BCUT2D eigenvalue weighted by molar-refractivity contribution is 7.99. The van der Waals surface area contributed by atoms with Crippen molar-refractivity contribution in [1.29, 1.82) is 0 Å². The first kappa shape index (κ1) is 19.6. The van der Waals surface area contributed by atoms with Crippen LogP contribution in [0.15, 0.2) is 44.6 Å². The van der Waals surface area contributed by atoms with Crippen LogP contribution in [0.5, 0.6) is 17.2 Å². The molecule has 10 heteroatoms. The first-order valence-electron chi connectivity index (χ1n) is 8.20. The molecule has 1 aromatic carbocycles. The Kier molecular flexibility index (Phi) is 6.43. The number of carbonyl (C=O) groups is 1. The van der Waals surface area contributed by atoms with E-state index in [1.165, 1.54) is 6.26 Å². The second kappa shape index (κ2) is 9.18. The number of ether oxygens (including phenoxy) is 3. The predicted molar refractivity (Wildman–Crippen MR) is 101 cm³/mol. The minimum Gasteiger partial charge on any atom is -0.496 e. The Morgan fingerprint density at radius 3 is 2.54 bits per heavy atom. The molecule has 1 amide bonds. The maximum Gasteiger partial charge on any atom is 0.284 e. The van der Waals surface area contributed by atoms with E-state index in [1.54, 1.807) is 45.6 Å². The summed E-state index contributed by atoms with van der Waals surface area (Å²) in [4.78, 5) is 12.2. The van der Waals surface area contributed by atoms with Crippen LogP contribution in [-0.4, -0.2) is 43.2 Å². The van der Waals surface area contributed by atoms with Gasteiger partial charge in [0.15, 0.2) is 17.3 Å². The molecule has 0 atom stereocenters. The standard InChI is InChI=1S/C18H19N3O6S/c1-23-13-8-15(25-3)14(24-2)7-11(13)9-19-16(22)10-28-18-21-20-17(27-18)12-5-4-6-26-12/h4-8H,9-10H2,1-3H3,(H,19,22). The Morgan fingerprint density at radius 2 is 1.86 bits per heavy atom. The summed E-state index contributed by atoms with van der Waals surface area (Å²) < 4.78 is 26.5. The summed E-state index contributed by atoms with van der Waals surface area (Å²) in [5.41, 5.74) is 0.761. The normalized spacial score (nSPS) is 10.5. The molecule has 0 saturated heterocycles. The molecular formula is C18H19N3O6S. The number of methoxy groups -OCH3 is 3. The van der Waals surface area contributed by atoms with E-state index in [2.05, 4.69) is 15.5 Å². The lowest BCUT2D eigenvalue weighted by Gasteiger charge is -2.14. The van der Waals surface area contributed by atoms with Gasteiger partial charge >= 0.3 is 0 Å². The number of nitrogens with zero attached hydrogens (tertiary/aromatic N) is 2. The van der Waals surface area contributed by atoms with E-state index in [-0.39, 0.29) is 29.3 Å². The summed E-state index contributed by atoms with van der Waals surface area (Å²) in [7, 11) is 4.64. The molecular weight excluding hydrogens is 386 g/mol. The Balaban J connectivity index is 1.56. The van der Waals surface area contributed by atoms with Crippen LogP contribution in [0.2, 0.25) is 0 Å². The Labute approximate surface area is 165 Å². The lowest BCUT2D eigenvalue weighted by molar-refractivity contribution is -0.118. The molecule has 3 aromatic rings. The number of furan rings is 1. The molecule has 0 unspecified atom stereocenters. The van der Waals surface area contributed by atoms with Crippen molar-refractivity contribution >= 4 is 17.7 Å². The maximum atomic E-state index is 12.2. The molecule has 0 radical (unpaired) electrons. The molecule has 2 aromatic heterocycles. The van der Waals surface area contributed by atoms with Gasteiger partial charge in [-0.25, -0.2) is 0 Å². The van der Waals surface area contributed by atoms with Crippen molar-refractivity contribution < 1.29 is 27.8 Å². The first-order chi connectivity index (χ1) is 13.6. The summed E-state index contributed by atoms with van der Waals surface area (Å²) in [6, 6.07) is 6.91. The van der Waals surface area contributed by atoms with Gasteiger partial charge in [0.1, 0.15) is 5.75 Å². The molecule has 0 spiro atoms. The lowest BCUT2D eigenvalue weighted by atomic mass is 10.1. The summed E-state index contributed by atoms with van der Waals surface area (Å²) >= 11 is 1.14. The fourth-order valence-electron chi connectivity index (χ4n) is 2.37. The van der Waals surface area contributed by atoms with E-state index >= 15 is 0 Å². The fraction of sp³-hybridized carbons (Fsp3) is 0.278. The second-order valence-electron chi connectivity index (χ2n) is 5.43. The van der Waals surface area contributed by atoms with E-state index in [4.69, 9.17) is 23.0 Å². The van der Waals surface area contributed by atoms with Crippen LogP contribution in [0.1, 0.15) is 5.56 Å². The van der Waals surface area contributed by atoms with Crippen molar-refractivity contribution in [3.8, 4) is 28.9 Å². The highest BCUT2D eigenvalue weighted by Crippen LogP contribution is 2.34. The molecule has 0 aliphatic rings. The van der Waals surface area contributed by atoms with Crippen LogP contribution in [0.3, 0.4) is 0 Å². The lowest BCUT2D eigenvalue weighted by Crippen LogP contribution is -2.24. The third-order valence-corrected chi connectivity index (χ3v) is 4.55. The van der Waals surface area contributed by atoms with Gasteiger partial charge in [-0.1, -0.05) is 11.8 Å². The number of carbonyl (C=O) groups excluding carboxylic acids is 1. The Morgan fingerprint density at radius 1 is 1.11 bits per heavy atom. The maximum absolute atomic E-state index is 12.2. The number of amides is 1. The van der Waals surface area contributed by atoms with Gasteiger partial charge in [-0.3, -0.25) is 4.79 Å². The van der Waals surface area contributed by atoms with Crippen LogP contribution in [-0.2, 0) is 11.3 Å². The van der Waals surface area contributed by atoms with Gasteiger partial charge in [0.2, 0.25) is 5.91 Å². The van der Waals surface area contributed by atoms with E-state index in [0.29, 0.717) is 23.0 Å². The van der Waals surface area contributed by atoms with Crippen LogP contribution in [0, 0.1) is 0 Å². The van der Waals surface area contributed by atoms with Gasteiger partial charge < -0.3 is 28.4 Å². The number of benzene rings is 1. The summed E-state index contributed by atoms with van der Waals surface area (Å²) in [6.07, 6.45) is 1.52. The average molecular weight is 405 g/mol. The molecule has 28 heavy (non-hydrogen) atoms. The summed E-state index contributed by atoms with van der Waals surface area (Å²) in [5.74, 6) is 2.36. The van der Waals surface area contributed by atoms with Crippen molar-refractivity contribution in [3.63, 3.8) is 0 Å². The fourth-order valence-corrected chi connectivity index (χ4v) is 2.96. The van der Waals surface area contributed by atoms with E-state index in [9.17, 15) is 4.79 Å². The topological polar surface area (TPSA) is 109 Å². The van der Waals surface area contributed by atoms with Crippen molar-refractivity contribution in [2.45, 2.75) is 11.8 Å². The third kappa shape index (κ3) is 4.58. The highest BCUT2D eigenvalue weighted by Gasteiger charge is 2.15. The van der Waals surface area contributed by atoms with Gasteiger partial charge in [-0.2, -0.15) is 0 Å². The quantitative estimate of drug-likeness (QED) is 0.537. The molecule has 0 fully saturated rings. The van der Waals surface area contributed by atoms with Gasteiger partial charge in [0.25, 0.3) is 11.1 Å². The molecule has 2 heterocycles. The van der Waals surface area contributed by atoms with Crippen LogP contribution >= 0.6 is 11.8 Å². The molecule has 0 saturated carbocycles. The zero-order valence-corrected chi connectivity index (χ0v) is 16.4. The number of aromatic nitrogens is 2. The SMILES string of the molecule is COc1cc(OC)c(OC)cc1CNC(=O)CSc1nnc(-c2ccco2)o1. The number of hydrogen-bond acceptors (Lipinski definition) is 9. The molecule has 0 aliphatic carbocycles. The summed E-state index contributed by atoms with van der Waals surface area (Å²) in [6.45, 7) is 0.268. The van der Waals surface area contributed by atoms with Crippen molar-refractivity contribution in [1.82, 2.24) is 15.5 Å². The van der Waals surface area contributed by atoms with Crippen molar-refractivity contribution in [2.24, 2.45) is 0 Å². The smallest absolute Gasteiger partial charge is 0.284 e. The Hall–Kier alpha value is -3.14. The van der Waals surface area contributed by atoms with Crippen LogP contribution < -0.4 is 19.5 Å². The molecule has 148 valence electrons. The number of thioether (sulfide) groups is 1. The monoisotopic (exact) mass is 405 g/mol. The van der Waals surface area contributed by atoms with Crippen LogP contribution in [0.25, 0.3) is 11.7 Å². The van der Waals surface area contributed by atoms with Crippen molar-refractivity contribution in [2.75, 3.05) is 27.1 Å². The zero-order valence-electron chi connectivity index (χ0n) is 15.6. The minimum absolute atomic E-state index is 0.120. The van der Waals surface area contributed by atoms with Crippen molar-refractivity contribution in [3.05, 3.63) is 36.1 Å². The molecule has 3 rings (SSSR count). The number of rotatable bonds is 9. The first-order valence-corrected chi connectivity index (χ1v) is 9.19. The Bertz CT molecular complexity index is 926. The molecule has 9 nitrogen and oxygen atoms in total. The van der Waals surface area contributed by atoms with Gasteiger partial charge in [0.05, 0.1) is 33.3 Å². The third-order valence-electron chi connectivity index (χ3n) is 3.73. The van der Waals surface area contributed by atoms with Gasteiger partial charge in [0, 0.05) is 18.2 Å². The molecule has 1 N–H and O–H groups in total. The summed E-state index contributed by atoms with van der Waals surface area (Å²) in [5, 5.41) is 10.9. The largest absolute Gasteiger partial charge is 0.496 e. The van der Waals surface area contributed by atoms with E-state index < -0.39 is 0 Å². The van der Waals surface area contributed by atoms with E-state index in [1.807, 2.05) is 0 Å². The predicted octanol–water partition coefficient (Wildman–Crippen LogP) is 2.76. The average Bonchev–Trinajstić information content (AvgIpc) is 3.41. The number of nitrogens with one attached hydrogen (secondary N) is 1. The zero-order chi connectivity index (χ0) is 19.9. The van der Waals surface area contributed by atoms with Crippen LogP contribution in [0.4, 0.5) is 0 Å². The van der Waals surface area contributed by atoms with Gasteiger partial charge in [-0.15, -0.1) is 10.2 Å².